The number of amides is 3. The lowest BCUT2D eigenvalue weighted by Gasteiger charge is -2.30. The molecule has 5 N–H and O–H groups in total. The van der Waals surface area contributed by atoms with Crippen molar-refractivity contribution in [2.45, 2.75) is 62.7 Å². The monoisotopic (exact) mass is 496 g/mol. The van der Waals surface area contributed by atoms with Crippen molar-refractivity contribution in [2.24, 2.45) is 0 Å². The first kappa shape index (κ1) is 25.4. The van der Waals surface area contributed by atoms with Crippen LogP contribution in [0.4, 0.5) is 0 Å². The summed E-state index contributed by atoms with van der Waals surface area (Å²) in [6, 6.07) is 5.90. The highest BCUT2D eigenvalue weighted by molar-refractivity contribution is 5.94. The molecule has 3 heterocycles. The standard InChI is InChI=1S/C25H32N6O5/c32-22(18-8-4-10-27-18)29-19(13-17-14-26-15-28-17)24(34)31-11-5-9-21(31)23(33)30-20(25(35)36)12-16-6-2-1-3-7-16/h1-3,6-7,14-15,18-21,27H,4-5,8-13H2,(H,26,28)(H,29,32)(H,30,33)(H,35,36). The fourth-order valence-corrected chi connectivity index (χ4v) is 4.82. The van der Waals surface area contributed by atoms with Gasteiger partial charge in [0.1, 0.15) is 18.1 Å². The van der Waals surface area contributed by atoms with E-state index >= 15 is 0 Å². The van der Waals surface area contributed by atoms with Gasteiger partial charge in [0, 0.05) is 31.3 Å². The third kappa shape index (κ3) is 6.28. The van der Waals surface area contributed by atoms with Crippen LogP contribution in [-0.4, -0.2) is 80.9 Å². The largest absolute Gasteiger partial charge is 0.480 e. The Balaban J connectivity index is 1.45. The van der Waals surface area contributed by atoms with Gasteiger partial charge in [-0.1, -0.05) is 30.3 Å². The van der Waals surface area contributed by atoms with Crippen molar-refractivity contribution in [3.05, 3.63) is 54.1 Å². The number of nitrogens with one attached hydrogen (secondary N) is 4. The van der Waals surface area contributed by atoms with Crippen molar-refractivity contribution in [1.29, 1.82) is 0 Å². The van der Waals surface area contributed by atoms with Crippen molar-refractivity contribution in [3.8, 4) is 0 Å². The highest BCUT2D eigenvalue weighted by Crippen LogP contribution is 2.20. The average Bonchev–Trinajstić information content (AvgIpc) is 3.66. The van der Waals surface area contributed by atoms with Gasteiger partial charge in [-0.15, -0.1) is 0 Å². The number of aromatic nitrogens is 2. The molecule has 0 radical (unpaired) electrons. The van der Waals surface area contributed by atoms with Crippen molar-refractivity contribution in [3.63, 3.8) is 0 Å². The number of likely N-dealkylation sites (tertiary alicyclic amines) is 1. The molecular formula is C25H32N6O5. The molecule has 1 aromatic heterocycles. The molecule has 192 valence electrons. The Kier molecular flexibility index (Phi) is 8.32. The van der Waals surface area contributed by atoms with Crippen LogP contribution >= 0.6 is 0 Å². The Morgan fingerprint density at radius 3 is 2.47 bits per heavy atom. The smallest absolute Gasteiger partial charge is 0.326 e. The molecule has 1 aromatic carbocycles. The van der Waals surface area contributed by atoms with Crippen LogP contribution in [-0.2, 0) is 32.0 Å². The molecule has 2 saturated heterocycles. The SMILES string of the molecule is O=C(O)C(Cc1ccccc1)NC(=O)C1CCCN1C(=O)C(Cc1cnc[nH]1)NC(=O)C1CCCN1. The lowest BCUT2D eigenvalue weighted by atomic mass is 10.0. The van der Waals surface area contributed by atoms with Crippen LogP contribution in [0, 0.1) is 0 Å². The number of aromatic amines is 1. The number of aliphatic carboxylic acids is 1. The van der Waals surface area contributed by atoms with Gasteiger partial charge in [-0.2, -0.15) is 0 Å². The summed E-state index contributed by atoms with van der Waals surface area (Å²) in [5, 5.41) is 18.3. The molecule has 2 fully saturated rings. The number of hydrogen-bond acceptors (Lipinski definition) is 6. The van der Waals surface area contributed by atoms with Crippen LogP contribution in [0.1, 0.15) is 36.9 Å². The van der Waals surface area contributed by atoms with Gasteiger partial charge in [0.25, 0.3) is 0 Å². The van der Waals surface area contributed by atoms with E-state index in [1.165, 1.54) is 11.2 Å². The van der Waals surface area contributed by atoms with Gasteiger partial charge < -0.3 is 30.9 Å². The van der Waals surface area contributed by atoms with E-state index in [4.69, 9.17) is 0 Å². The van der Waals surface area contributed by atoms with Crippen molar-refractivity contribution >= 4 is 23.7 Å². The number of carboxylic acid groups (broad SMARTS) is 1. The Hall–Kier alpha value is -3.73. The molecule has 11 nitrogen and oxygen atoms in total. The molecule has 0 spiro atoms. The second-order valence-corrected chi connectivity index (χ2v) is 9.27. The average molecular weight is 497 g/mol. The first-order valence-electron chi connectivity index (χ1n) is 12.3. The predicted molar refractivity (Wildman–Crippen MR) is 130 cm³/mol. The molecule has 2 aliphatic heterocycles. The van der Waals surface area contributed by atoms with Crippen molar-refractivity contribution in [1.82, 2.24) is 30.8 Å². The van der Waals surface area contributed by atoms with Crippen LogP contribution in [0.25, 0.3) is 0 Å². The number of rotatable bonds is 10. The van der Waals surface area contributed by atoms with Crippen molar-refractivity contribution in [2.75, 3.05) is 13.1 Å². The number of nitrogens with zero attached hydrogens (tertiary/aromatic N) is 2. The maximum atomic E-state index is 13.6. The zero-order valence-corrected chi connectivity index (χ0v) is 20.0. The van der Waals surface area contributed by atoms with E-state index < -0.39 is 30.0 Å². The van der Waals surface area contributed by atoms with Gasteiger partial charge in [0.2, 0.25) is 17.7 Å². The van der Waals surface area contributed by atoms with Gasteiger partial charge in [0.05, 0.1) is 12.4 Å². The molecule has 4 atom stereocenters. The maximum absolute atomic E-state index is 13.6. The highest BCUT2D eigenvalue weighted by Gasteiger charge is 2.39. The third-order valence-corrected chi connectivity index (χ3v) is 6.71. The Morgan fingerprint density at radius 1 is 1.03 bits per heavy atom. The van der Waals surface area contributed by atoms with Gasteiger partial charge in [-0.25, -0.2) is 9.78 Å². The van der Waals surface area contributed by atoms with Gasteiger partial charge in [0.15, 0.2) is 0 Å². The molecule has 0 bridgehead atoms. The molecule has 4 unspecified atom stereocenters. The molecule has 3 amide bonds. The summed E-state index contributed by atoms with van der Waals surface area (Å²) in [5.74, 6) is -2.27. The summed E-state index contributed by atoms with van der Waals surface area (Å²) in [6.07, 6.45) is 6.04. The second kappa shape index (κ2) is 11.8. The topological polar surface area (TPSA) is 157 Å². The Bertz CT molecular complexity index is 1050. The number of imidazole rings is 1. The van der Waals surface area contributed by atoms with E-state index in [1.807, 2.05) is 18.2 Å². The van der Waals surface area contributed by atoms with E-state index in [9.17, 15) is 24.3 Å². The molecule has 36 heavy (non-hydrogen) atoms. The van der Waals surface area contributed by atoms with Gasteiger partial charge >= 0.3 is 5.97 Å². The lowest BCUT2D eigenvalue weighted by molar-refractivity contribution is -0.145. The summed E-state index contributed by atoms with van der Waals surface area (Å²) in [6.45, 7) is 1.10. The fraction of sp³-hybridized carbons (Fsp3) is 0.480. The molecule has 2 aromatic rings. The highest BCUT2D eigenvalue weighted by atomic mass is 16.4. The van der Waals surface area contributed by atoms with E-state index in [1.54, 1.807) is 18.3 Å². The first-order chi connectivity index (χ1) is 17.4. The third-order valence-electron chi connectivity index (χ3n) is 6.71. The Labute approximate surface area is 209 Å². The number of H-pyrrole nitrogens is 1. The van der Waals surface area contributed by atoms with E-state index in [-0.39, 0.29) is 30.7 Å². The van der Waals surface area contributed by atoms with Crippen LogP contribution in [0.15, 0.2) is 42.9 Å². The summed E-state index contributed by atoms with van der Waals surface area (Å²) < 4.78 is 0. The molecule has 2 aliphatic rings. The minimum Gasteiger partial charge on any atom is -0.480 e. The molecule has 0 saturated carbocycles. The number of hydrogen-bond donors (Lipinski definition) is 5. The zero-order valence-electron chi connectivity index (χ0n) is 20.0. The fourth-order valence-electron chi connectivity index (χ4n) is 4.82. The van der Waals surface area contributed by atoms with E-state index in [2.05, 4.69) is 25.9 Å². The van der Waals surface area contributed by atoms with Gasteiger partial charge in [-0.3, -0.25) is 14.4 Å². The van der Waals surface area contributed by atoms with Crippen LogP contribution in [0.2, 0.25) is 0 Å². The predicted octanol–water partition coefficient (Wildman–Crippen LogP) is -0.00790. The van der Waals surface area contributed by atoms with Crippen molar-refractivity contribution < 1.29 is 24.3 Å². The summed E-state index contributed by atoms with van der Waals surface area (Å²) in [5.41, 5.74) is 1.47. The molecule has 0 aliphatic carbocycles. The first-order valence-corrected chi connectivity index (χ1v) is 12.3. The van der Waals surface area contributed by atoms with Gasteiger partial charge in [-0.05, 0) is 37.8 Å². The normalized spacial score (nSPS) is 21.1. The summed E-state index contributed by atoms with van der Waals surface area (Å²) in [4.78, 5) is 59.8. The van der Waals surface area contributed by atoms with Crippen LogP contribution in [0.3, 0.4) is 0 Å². The van der Waals surface area contributed by atoms with E-state index in [0.717, 1.165) is 18.5 Å². The number of benzene rings is 1. The quantitative estimate of drug-likeness (QED) is 0.310. The second-order valence-electron chi connectivity index (χ2n) is 9.27. The molecular weight excluding hydrogens is 464 g/mol. The molecule has 11 heteroatoms. The number of carboxylic acids is 1. The minimum atomic E-state index is -1.14. The summed E-state index contributed by atoms with van der Waals surface area (Å²) >= 11 is 0. The number of carbonyl (C=O) groups excluding carboxylic acids is 3. The number of carbonyl (C=O) groups is 4. The Morgan fingerprint density at radius 2 is 1.81 bits per heavy atom. The zero-order chi connectivity index (χ0) is 25.5. The summed E-state index contributed by atoms with van der Waals surface area (Å²) in [7, 11) is 0. The molecule has 4 rings (SSSR count). The van der Waals surface area contributed by atoms with Crippen LogP contribution in [0.5, 0.6) is 0 Å². The van der Waals surface area contributed by atoms with E-state index in [0.29, 0.717) is 31.5 Å². The lowest BCUT2D eigenvalue weighted by Crippen LogP contribution is -2.57. The maximum Gasteiger partial charge on any atom is 0.326 e. The van der Waals surface area contributed by atoms with Crippen LogP contribution < -0.4 is 16.0 Å². The minimum absolute atomic E-state index is 0.134.